The molecule has 1 heterocycles. The largest absolute Gasteiger partial charge is 0.451 e. The molecule has 0 radical (unpaired) electrons. The van der Waals surface area contributed by atoms with E-state index in [-0.39, 0.29) is 22.5 Å². The van der Waals surface area contributed by atoms with Crippen molar-refractivity contribution < 1.29 is 23.9 Å². The molecular formula is C25H19NO5. The highest BCUT2D eigenvalue weighted by molar-refractivity contribution is 6.35. The van der Waals surface area contributed by atoms with E-state index in [1.165, 1.54) is 25.1 Å². The maximum atomic E-state index is 12.9. The van der Waals surface area contributed by atoms with E-state index in [0.29, 0.717) is 11.3 Å². The van der Waals surface area contributed by atoms with Gasteiger partial charge in [0.25, 0.3) is 11.8 Å². The molecule has 4 rings (SSSR count). The van der Waals surface area contributed by atoms with Gasteiger partial charge in [0.2, 0.25) is 5.78 Å². The first-order valence-corrected chi connectivity index (χ1v) is 9.77. The van der Waals surface area contributed by atoms with E-state index < -0.39 is 23.9 Å². The monoisotopic (exact) mass is 413 g/mol. The second kappa shape index (κ2) is 7.99. The molecule has 0 aliphatic carbocycles. The van der Waals surface area contributed by atoms with Crippen molar-refractivity contribution in [1.82, 2.24) is 0 Å². The fraction of sp³-hybridized carbons (Fsp3) is 0.120. The number of hydrogen-bond acceptors (Lipinski definition) is 5. The van der Waals surface area contributed by atoms with E-state index in [1.54, 1.807) is 42.5 Å². The summed E-state index contributed by atoms with van der Waals surface area (Å²) >= 11 is 0. The lowest BCUT2D eigenvalue weighted by Gasteiger charge is -2.16. The summed E-state index contributed by atoms with van der Waals surface area (Å²) in [7, 11) is 0. The van der Waals surface area contributed by atoms with Crippen molar-refractivity contribution in [1.29, 1.82) is 0 Å². The average molecular weight is 413 g/mol. The van der Waals surface area contributed by atoms with Crippen LogP contribution in [0.1, 0.15) is 53.9 Å². The first kappa shape index (κ1) is 20.2. The quantitative estimate of drug-likeness (QED) is 0.355. The van der Waals surface area contributed by atoms with Gasteiger partial charge in [-0.3, -0.25) is 14.4 Å². The fourth-order valence-electron chi connectivity index (χ4n) is 3.52. The van der Waals surface area contributed by atoms with E-state index >= 15 is 0 Å². The van der Waals surface area contributed by atoms with Crippen LogP contribution < -0.4 is 4.90 Å². The number of aryl methyl sites for hydroxylation is 1. The number of benzene rings is 3. The summed E-state index contributed by atoms with van der Waals surface area (Å²) in [6.07, 6.45) is -0.996. The number of carbonyl (C=O) groups is 4. The van der Waals surface area contributed by atoms with Crippen molar-refractivity contribution in [3.8, 4) is 0 Å². The first-order valence-electron chi connectivity index (χ1n) is 9.77. The highest BCUT2D eigenvalue weighted by Gasteiger charge is 2.38. The van der Waals surface area contributed by atoms with Gasteiger partial charge in [-0.1, -0.05) is 48.5 Å². The van der Waals surface area contributed by atoms with Crippen LogP contribution in [0, 0.1) is 6.92 Å². The van der Waals surface area contributed by atoms with Gasteiger partial charge in [-0.05, 0) is 43.7 Å². The smallest absolute Gasteiger partial charge is 0.338 e. The Morgan fingerprint density at radius 1 is 0.806 bits per heavy atom. The third kappa shape index (κ3) is 3.64. The Morgan fingerprint density at radius 3 is 2.16 bits per heavy atom. The predicted octanol–water partition coefficient (Wildman–Crippen LogP) is 4.22. The molecule has 0 bridgehead atoms. The SMILES string of the molecule is Cc1ccccc1N1C(=O)c2ccc(C(=O)O[C@@H](C)C(=O)c3ccccc3)cc2C1=O. The number of hydrogen-bond donors (Lipinski definition) is 0. The molecule has 0 saturated carbocycles. The van der Waals surface area contributed by atoms with Crippen molar-refractivity contribution in [3.63, 3.8) is 0 Å². The minimum absolute atomic E-state index is 0.0965. The van der Waals surface area contributed by atoms with Gasteiger partial charge in [-0.25, -0.2) is 9.69 Å². The van der Waals surface area contributed by atoms with Crippen LogP contribution in [-0.4, -0.2) is 29.7 Å². The Kier molecular flexibility index (Phi) is 5.21. The Balaban J connectivity index is 1.57. The van der Waals surface area contributed by atoms with Crippen LogP contribution >= 0.6 is 0 Å². The Labute approximate surface area is 179 Å². The molecule has 1 atom stereocenters. The zero-order chi connectivity index (χ0) is 22.1. The summed E-state index contributed by atoms with van der Waals surface area (Å²) in [5.74, 6) is -2.01. The van der Waals surface area contributed by atoms with Crippen LogP contribution in [0.4, 0.5) is 5.69 Å². The lowest BCUT2D eigenvalue weighted by atomic mass is 10.1. The van der Waals surface area contributed by atoms with E-state index in [1.807, 2.05) is 19.1 Å². The van der Waals surface area contributed by atoms with Crippen LogP contribution in [0.2, 0.25) is 0 Å². The molecular weight excluding hydrogens is 394 g/mol. The van der Waals surface area contributed by atoms with Gasteiger partial charge in [-0.2, -0.15) is 0 Å². The molecule has 31 heavy (non-hydrogen) atoms. The lowest BCUT2D eigenvalue weighted by Crippen LogP contribution is -2.29. The number of para-hydroxylation sites is 1. The molecule has 6 heteroatoms. The Bertz CT molecular complexity index is 1220. The van der Waals surface area contributed by atoms with Gasteiger partial charge in [0.05, 0.1) is 22.4 Å². The van der Waals surface area contributed by atoms with Crippen LogP contribution in [0.5, 0.6) is 0 Å². The second-order valence-electron chi connectivity index (χ2n) is 7.27. The Hall–Kier alpha value is -4.06. The topological polar surface area (TPSA) is 80.8 Å². The second-order valence-corrected chi connectivity index (χ2v) is 7.27. The molecule has 0 aromatic heterocycles. The van der Waals surface area contributed by atoms with Crippen LogP contribution in [-0.2, 0) is 4.74 Å². The molecule has 6 nitrogen and oxygen atoms in total. The van der Waals surface area contributed by atoms with Crippen molar-refractivity contribution in [3.05, 3.63) is 101 Å². The molecule has 3 aromatic rings. The van der Waals surface area contributed by atoms with Gasteiger partial charge >= 0.3 is 5.97 Å². The molecule has 154 valence electrons. The summed E-state index contributed by atoms with van der Waals surface area (Å²) in [4.78, 5) is 51.9. The predicted molar refractivity (Wildman–Crippen MR) is 114 cm³/mol. The lowest BCUT2D eigenvalue weighted by molar-refractivity contribution is 0.0318. The number of imide groups is 1. The van der Waals surface area contributed by atoms with E-state index in [4.69, 9.17) is 4.74 Å². The minimum atomic E-state index is -0.996. The standard InChI is InChI=1S/C25H19NO5/c1-15-8-6-7-11-21(15)26-23(28)19-13-12-18(14-20(19)24(26)29)25(30)31-16(2)22(27)17-9-4-3-5-10-17/h3-14,16H,1-2H3/t16-/m0/s1. The molecule has 2 amide bonds. The number of carbonyl (C=O) groups excluding carboxylic acids is 4. The van der Waals surface area contributed by atoms with E-state index in [2.05, 4.69) is 0 Å². The maximum absolute atomic E-state index is 12.9. The summed E-state index contributed by atoms with van der Waals surface area (Å²) in [6.45, 7) is 3.31. The third-order valence-corrected chi connectivity index (χ3v) is 5.19. The highest BCUT2D eigenvalue weighted by Crippen LogP contribution is 2.31. The first-order chi connectivity index (χ1) is 14.9. The van der Waals surface area contributed by atoms with Crippen molar-refractivity contribution in [2.45, 2.75) is 20.0 Å². The molecule has 0 N–H and O–H groups in total. The van der Waals surface area contributed by atoms with Crippen LogP contribution in [0.3, 0.4) is 0 Å². The van der Waals surface area contributed by atoms with Crippen LogP contribution in [0.15, 0.2) is 72.8 Å². The molecule has 0 spiro atoms. The summed E-state index contributed by atoms with van der Waals surface area (Å²) in [6, 6.07) is 19.8. The summed E-state index contributed by atoms with van der Waals surface area (Å²) < 4.78 is 5.31. The number of Topliss-reactive ketones (excluding diaryl/α,β-unsaturated/α-hetero) is 1. The van der Waals surface area contributed by atoms with Gasteiger partial charge in [0.1, 0.15) is 0 Å². The number of ketones is 1. The molecule has 1 aliphatic heterocycles. The maximum Gasteiger partial charge on any atom is 0.338 e. The fourth-order valence-corrected chi connectivity index (χ4v) is 3.52. The molecule has 1 aliphatic rings. The number of esters is 1. The van der Waals surface area contributed by atoms with Gasteiger partial charge in [-0.15, -0.1) is 0 Å². The third-order valence-electron chi connectivity index (χ3n) is 5.19. The average Bonchev–Trinajstić information content (AvgIpc) is 3.03. The van der Waals surface area contributed by atoms with Crippen molar-refractivity contribution in [2.24, 2.45) is 0 Å². The molecule has 0 fully saturated rings. The Morgan fingerprint density at radius 2 is 1.45 bits per heavy atom. The minimum Gasteiger partial charge on any atom is -0.451 e. The number of amides is 2. The summed E-state index contributed by atoms with van der Waals surface area (Å²) in [5.41, 5.74) is 2.17. The zero-order valence-electron chi connectivity index (χ0n) is 17.0. The van der Waals surface area contributed by atoms with E-state index in [9.17, 15) is 19.2 Å². The normalized spacial score (nSPS) is 13.7. The number of anilines is 1. The van der Waals surface area contributed by atoms with Gasteiger partial charge in [0.15, 0.2) is 6.10 Å². The van der Waals surface area contributed by atoms with Gasteiger partial charge in [0, 0.05) is 5.56 Å². The van der Waals surface area contributed by atoms with Crippen LogP contribution in [0.25, 0.3) is 0 Å². The molecule has 0 unspecified atom stereocenters. The number of rotatable bonds is 5. The van der Waals surface area contributed by atoms with Gasteiger partial charge < -0.3 is 4.74 Å². The number of ether oxygens (including phenoxy) is 1. The number of nitrogens with zero attached hydrogens (tertiary/aromatic N) is 1. The van der Waals surface area contributed by atoms with E-state index in [0.717, 1.165) is 10.5 Å². The number of fused-ring (bicyclic) bond motifs is 1. The van der Waals surface area contributed by atoms with Crippen molar-refractivity contribution in [2.75, 3.05) is 4.90 Å². The molecule has 0 saturated heterocycles. The molecule has 3 aromatic carbocycles. The summed E-state index contributed by atoms with van der Waals surface area (Å²) in [5, 5.41) is 0. The zero-order valence-corrected chi connectivity index (χ0v) is 17.0. The van der Waals surface area contributed by atoms with Crippen molar-refractivity contribution >= 4 is 29.3 Å². The highest BCUT2D eigenvalue weighted by atomic mass is 16.5.